The van der Waals surface area contributed by atoms with E-state index in [-0.39, 0.29) is 12.4 Å². The number of nitrogens with zero attached hydrogens (tertiary/aromatic N) is 4. The molecule has 5 nitrogen and oxygen atoms in total. The highest BCUT2D eigenvalue weighted by Crippen LogP contribution is 2.09. The Kier molecular flexibility index (Phi) is 5.87. The van der Waals surface area contributed by atoms with Crippen molar-refractivity contribution in [2.24, 2.45) is 0 Å². The van der Waals surface area contributed by atoms with Gasteiger partial charge in [0.25, 0.3) is 0 Å². The number of rotatable bonds is 5. The van der Waals surface area contributed by atoms with E-state index >= 15 is 0 Å². The summed E-state index contributed by atoms with van der Waals surface area (Å²) in [6, 6.07) is 19.7. The molecule has 0 radical (unpaired) electrons. The van der Waals surface area contributed by atoms with Crippen LogP contribution in [0, 0.1) is 11.3 Å². The van der Waals surface area contributed by atoms with Gasteiger partial charge in [-0.3, -0.25) is 4.57 Å². The number of nitriles is 1. The van der Waals surface area contributed by atoms with Crippen molar-refractivity contribution in [1.82, 2.24) is 20.1 Å². The van der Waals surface area contributed by atoms with Crippen LogP contribution in [0.4, 0.5) is 0 Å². The summed E-state index contributed by atoms with van der Waals surface area (Å²) < 4.78 is 1.96. The van der Waals surface area contributed by atoms with Crippen LogP contribution in [0.2, 0.25) is 0 Å². The monoisotopic (exact) mass is 325 g/mol. The highest BCUT2D eigenvalue weighted by Gasteiger charge is 2.05. The van der Waals surface area contributed by atoms with Gasteiger partial charge >= 0.3 is 0 Å². The lowest BCUT2D eigenvalue weighted by Crippen LogP contribution is -2.16. The van der Waals surface area contributed by atoms with Gasteiger partial charge in [-0.1, -0.05) is 30.3 Å². The van der Waals surface area contributed by atoms with Crippen LogP contribution in [0.5, 0.6) is 0 Å². The predicted molar refractivity (Wildman–Crippen MR) is 90.3 cm³/mol. The Labute approximate surface area is 141 Å². The summed E-state index contributed by atoms with van der Waals surface area (Å²) in [5.41, 5.74) is 2.78. The molecule has 0 saturated carbocycles. The van der Waals surface area contributed by atoms with Crippen LogP contribution in [0.15, 0.2) is 60.9 Å². The number of hydrogen-bond acceptors (Lipinski definition) is 4. The zero-order valence-electron chi connectivity index (χ0n) is 12.4. The molecule has 0 amide bonds. The van der Waals surface area contributed by atoms with E-state index in [4.69, 9.17) is 5.26 Å². The van der Waals surface area contributed by atoms with Gasteiger partial charge in [-0.15, -0.1) is 22.6 Å². The van der Waals surface area contributed by atoms with E-state index in [1.807, 2.05) is 53.1 Å². The van der Waals surface area contributed by atoms with Gasteiger partial charge in [0.2, 0.25) is 0 Å². The lowest BCUT2D eigenvalue weighted by Gasteiger charge is -2.08. The normalized spacial score (nSPS) is 9.87. The van der Waals surface area contributed by atoms with Crippen molar-refractivity contribution in [3.05, 3.63) is 77.9 Å². The van der Waals surface area contributed by atoms with Gasteiger partial charge in [0, 0.05) is 12.2 Å². The van der Waals surface area contributed by atoms with Gasteiger partial charge in [-0.2, -0.15) is 5.26 Å². The van der Waals surface area contributed by atoms with Crippen LogP contribution < -0.4 is 5.32 Å². The molecule has 3 aromatic rings. The maximum atomic E-state index is 8.91. The maximum absolute atomic E-state index is 8.91. The number of nitrogens with one attached hydrogen (secondary N) is 1. The second-order valence-electron chi connectivity index (χ2n) is 4.87. The van der Waals surface area contributed by atoms with Crippen LogP contribution in [-0.2, 0) is 13.1 Å². The third-order valence-electron chi connectivity index (χ3n) is 3.32. The van der Waals surface area contributed by atoms with E-state index in [1.165, 1.54) is 0 Å². The third kappa shape index (κ3) is 4.16. The van der Waals surface area contributed by atoms with Gasteiger partial charge in [0.05, 0.1) is 18.2 Å². The molecular weight excluding hydrogens is 310 g/mol. The molecule has 0 unspecified atom stereocenters. The average Bonchev–Trinajstić information content (AvgIpc) is 3.04. The molecule has 3 rings (SSSR count). The van der Waals surface area contributed by atoms with Crippen molar-refractivity contribution < 1.29 is 0 Å². The fraction of sp³-hybridized carbons (Fsp3) is 0.118. The van der Waals surface area contributed by atoms with Gasteiger partial charge in [-0.05, 0) is 29.8 Å². The highest BCUT2D eigenvalue weighted by atomic mass is 35.5. The lowest BCUT2D eigenvalue weighted by molar-refractivity contribution is 0.651. The van der Waals surface area contributed by atoms with E-state index < -0.39 is 0 Å². The lowest BCUT2D eigenvalue weighted by atomic mass is 10.1. The summed E-state index contributed by atoms with van der Waals surface area (Å²) in [5, 5.41) is 20.4. The molecule has 0 saturated heterocycles. The molecule has 2 aromatic carbocycles. The van der Waals surface area contributed by atoms with Crippen LogP contribution >= 0.6 is 12.4 Å². The Morgan fingerprint density at radius 2 is 1.87 bits per heavy atom. The molecule has 6 heteroatoms. The molecule has 116 valence electrons. The summed E-state index contributed by atoms with van der Waals surface area (Å²) in [7, 11) is 0. The highest BCUT2D eigenvalue weighted by molar-refractivity contribution is 5.85. The zero-order chi connectivity index (χ0) is 15.2. The Balaban J connectivity index is 0.00000192. The Morgan fingerprint density at radius 3 is 2.65 bits per heavy atom. The first kappa shape index (κ1) is 16.7. The molecule has 0 spiro atoms. The summed E-state index contributed by atoms with van der Waals surface area (Å²) in [4.78, 5) is 0. The standard InChI is InChI=1S/C17H15N5.ClH/c18-10-14-5-4-6-15(9-14)11-19-12-17-21-20-13-22(17)16-7-2-1-3-8-16;/h1-9,13,19H,11-12H2;1H. The van der Waals surface area contributed by atoms with E-state index in [9.17, 15) is 0 Å². The summed E-state index contributed by atoms with van der Waals surface area (Å²) in [5.74, 6) is 0.850. The van der Waals surface area contributed by atoms with Crippen molar-refractivity contribution in [2.75, 3.05) is 0 Å². The second-order valence-corrected chi connectivity index (χ2v) is 4.87. The average molecular weight is 326 g/mol. The molecule has 0 fully saturated rings. The number of hydrogen-bond donors (Lipinski definition) is 1. The van der Waals surface area contributed by atoms with Gasteiger partial charge < -0.3 is 5.32 Å². The number of benzene rings is 2. The summed E-state index contributed by atoms with van der Waals surface area (Å²) in [6.45, 7) is 1.28. The van der Waals surface area contributed by atoms with E-state index in [0.717, 1.165) is 17.1 Å². The van der Waals surface area contributed by atoms with Gasteiger partial charge in [0.15, 0.2) is 5.82 Å². The van der Waals surface area contributed by atoms with E-state index in [1.54, 1.807) is 12.4 Å². The molecule has 0 aliphatic rings. The maximum Gasteiger partial charge on any atom is 0.151 e. The molecule has 0 aliphatic heterocycles. The van der Waals surface area contributed by atoms with Gasteiger partial charge in [0.1, 0.15) is 6.33 Å². The minimum absolute atomic E-state index is 0. The molecule has 0 atom stereocenters. The minimum Gasteiger partial charge on any atom is -0.306 e. The number of para-hydroxylation sites is 1. The Morgan fingerprint density at radius 1 is 1.04 bits per heavy atom. The fourth-order valence-corrected chi connectivity index (χ4v) is 2.25. The quantitative estimate of drug-likeness (QED) is 0.783. The van der Waals surface area contributed by atoms with Crippen LogP contribution in [0.25, 0.3) is 5.69 Å². The van der Waals surface area contributed by atoms with Crippen molar-refractivity contribution in [3.63, 3.8) is 0 Å². The van der Waals surface area contributed by atoms with Crippen molar-refractivity contribution in [3.8, 4) is 11.8 Å². The molecule has 1 heterocycles. The SMILES string of the molecule is Cl.N#Cc1cccc(CNCc2nncn2-c2ccccc2)c1. The Bertz CT molecular complexity index is 792. The molecule has 23 heavy (non-hydrogen) atoms. The molecular formula is C17H16ClN5. The first-order valence-corrected chi connectivity index (χ1v) is 7.01. The van der Waals surface area contributed by atoms with Crippen molar-refractivity contribution >= 4 is 12.4 Å². The topological polar surface area (TPSA) is 66.5 Å². The number of halogens is 1. The smallest absolute Gasteiger partial charge is 0.151 e. The van der Waals surface area contributed by atoms with Crippen LogP contribution in [0.3, 0.4) is 0 Å². The first-order chi connectivity index (χ1) is 10.9. The fourth-order valence-electron chi connectivity index (χ4n) is 2.25. The first-order valence-electron chi connectivity index (χ1n) is 7.01. The van der Waals surface area contributed by atoms with E-state index in [2.05, 4.69) is 21.6 Å². The Hall–Kier alpha value is -2.68. The van der Waals surface area contributed by atoms with E-state index in [0.29, 0.717) is 18.7 Å². The molecule has 0 aliphatic carbocycles. The molecule has 1 aromatic heterocycles. The largest absolute Gasteiger partial charge is 0.306 e. The molecule has 0 bridgehead atoms. The zero-order valence-corrected chi connectivity index (χ0v) is 13.2. The summed E-state index contributed by atoms with van der Waals surface area (Å²) >= 11 is 0. The number of aromatic nitrogens is 3. The molecule has 1 N–H and O–H groups in total. The van der Waals surface area contributed by atoms with Crippen molar-refractivity contribution in [1.29, 1.82) is 5.26 Å². The third-order valence-corrected chi connectivity index (χ3v) is 3.32. The predicted octanol–water partition coefficient (Wildman–Crippen LogP) is 2.85. The second kappa shape index (κ2) is 8.08. The van der Waals surface area contributed by atoms with Crippen molar-refractivity contribution in [2.45, 2.75) is 13.1 Å². The minimum atomic E-state index is 0. The van der Waals surface area contributed by atoms with Gasteiger partial charge in [-0.25, -0.2) is 0 Å². The van der Waals surface area contributed by atoms with Crippen LogP contribution in [-0.4, -0.2) is 14.8 Å². The van der Waals surface area contributed by atoms with Crippen LogP contribution in [0.1, 0.15) is 17.0 Å². The summed E-state index contributed by atoms with van der Waals surface area (Å²) in [6.07, 6.45) is 1.71.